The quantitative estimate of drug-likeness (QED) is 0.707. The minimum atomic E-state index is -0.285. The van der Waals surface area contributed by atoms with Crippen LogP contribution in [0.2, 0.25) is 5.02 Å². The van der Waals surface area contributed by atoms with Crippen LogP contribution in [-0.2, 0) is 11.2 Å². The molecule has 2 aromatic carbocycles. The van der Waals surface area contributed by atoms with Crippen LogP contribution in [0.15, 0.2) is 54.7 Å². The molecule has 1 N–H and O–H groups in total. The molecule has 0 aliphatic carbocycles. The predicted molar refractivity (Wildman–Crippen MR) is 103 cm³/mol. The number of amides is 1. The zero-order chi connectivity index (χ0) is 18.1. The second-order valence-corrected chi connectivity index (χ2v) is 6.95. The van der Waals surface area contributed by atoms with Gasteiger partial charge in [0.25, 0.3) is 0 Å². The van der Waals surface area contributed by atoms with E-state index in [9.17, 15) is 9.18 Å². The summed E-state index contributed by atoms with van der Waals surface area (Å²) in [6.45, 7) is 1.28. The van der Waals surface area contributed by atoms with E-state index in [1.165, 1.54) is 23.3 Å². The van der Waals surface area contributed by atoms with Crippen molar-refractivity contribution in [3.05, 3.63) is 76.7 Å². The number of hydrogen-bond acceptors (Lipinski definition) is 1. The molecule has 3 aromatic rings. The van der Waals surface area contributed by atoms with Gasteiger partial charge in [0.05, 0.1) is 6.42 Å². The lowest BCUT2D eigenvalue weighted by atomic mass is 9.98. The number of hydrogen-bond donors (Lipinski definition) is 1. The first-order valence-electron chi connectivity index (χ1n) is 8.58. The maximum absolute atomic E-state index is 13.0. The van der Waals surface area contributed by atoms with E-state index >= 15 is 0 Å². The second-order valence-electron chi connectivity index (χ2n) is 6.51. The smallest absolute Gasteiger partial charge is 0.227 e. The second kappa shape index (κ2) is 6.96. The normalized spacial score (nSPS) is 14.5. The highest BCUT2D eigenvalue weighted by Crippen LogP contribution is 2.30. The lowest BCUT2D eigenvalue weighted by Gasteiger charge is -2.26. The van der Waals surface area contributed by atoms with E-state index in [1.807, 2.05) is 29.3 Å². The molecule has 5 heteroatoms. The van der Waals surface area contributed by atoms with Crippen molar-refractivity contribution < 1.29 is 9.18 Å². The molecule has 0 radical (unpaired) electrons. The van der Waals surface area contributed by atoms with Gasteiger partial charge in [0.15, 0.2) is 0 Å². The highest BCUT2D eigenvalue weighted by atomic mass is 35.5. The average Bonchev–Trinajstić information content (AvgIpc) is 3.06. The Bertz CT molecular complexity index is 991. The van der Waals surface area contributed by atoms with Crippen LogP contribution in [0.3, 0.4) is 0 Å². The number of nitrogens with one attached hydrogen (secondary N) is 1. The molecule has 3 nitrogen and oxygen atoms in total. The van der Waals surface area contributed by atoms with Crippen LogP contribution in [0.4, 0.5) is 4.39 Å². The fourth-order valence-electron chi connectivity index (χ4n) is 3.39. The zero-order valence-electron chi connectivity index (χ0n) is 14.1. The van der Waals surface area contributed by atoms with Gasteiger partial charge in [-0.2, -0.15) is 0 Å². The summed E-state index contributed by atoms with van der Waals surface area (Å²) in [6.07, 6.45) is 5.23. The number of carbonyl (C=O) groups is 1. The minimum absolute atomic E-state index is 0.0672. The molecule has 2 heterocycles. The Morgan fingerprint density at radius 2 is 2.00 bits per heavy atom. The van der Waals surface area contributed by atoms with E-state index in [2.05, 4.69) is 11.1 Å². The molecule has 0 bridgehead atoms. The molecule has 1 aliphatic rings. The third-order valence-corrected chi connectivity index (χ3v) is 5.06. The number of aromatic amines is 1. The van der Waals surface area contributed by atoms with Crippen molar-refractivity contribution in [2.45, 2.75) is 12.8 Å². The first-order chi connectivity index (χ1) is 12.6. The molecule has 1 aliphatic heterocycles. The molecule has 4 rings (SSSR count). The van der Waals surface area contributed by atoms with E-state index in [0.29, 0.717) is 24.5 Å². The van der Waals surface area contributed by atoms with E-state index in [0.717, 1.165) is 22.9 Å². The molecule has 1 aromatic heterocycles. The first-order valence-corrected chi connectivity index (χ1v) is 8.96. The highest BCUT2D eigenvalue weighted by molar-refractivity contribution is 6.31. The summed E-state index contributed by atoms with van der Waals surface area (Å²) in [6, 6.07) is 11.9. The van der Waals surface area contributed by atoms with Gasteiger partial charge in [0.2, 0.25) is 5.91 Å². The topological polar surface area (TPSA) is 36.1 Å². The molecule has 26 heavy (non-hydrogen) atoms. The van der Waals surface area contributed by atoms with Gasteiger partial charge in [-0.25, -0.2) is 4.39 Å². The van der Waals surface area contributed by atoms with Crippen LogP contribution < -0.4 is 0 Å². The molecule has 0 atom stereocenters. The van der Waals surface area contributed by atoms with E-state index in [4.69, 9.17) is 11.6 Å². The third-order valence-electron chi connectivity index (χ3n) is 4.82. The monoisotopic (exact) mass is 368 g/mol. The third kappa shape index (κ3) is 3.37. The number of fused-ring (bicyclic) bond motifs is 1. The van der Waals surface area contributed by atoms with Crippen molar-refractivity contribution >= 4 is 34.0 Å². The molecule has 0 saturated heterocycles. The molecule has 0 spiro atoms. The summed E-state index contributed by atoms with van der Waals surface area (Å²) in [5, 5.41) is 1.85. The highest BCUT2D eigenvalue weighted by Gasteiger charge is 2.19. The van der Waals surface area contributed by atoms with Crippen molar-refractivity contribution in [2.75, 3.05) is 13.1 Å². The SMILES string of the molecule is O=C(Cc1ccc(F)cc1)N1CC=C(c2c[nH]c3cc(Cl)ccc23)CC1. The van der Waals surface area contributed by atoms with Crippen molar-refractivity contribution in [2.24, 2.45) is 0 Å². The maximum atomic E-state index is 13.0. The number of rotatable bonds is 3. The van der Waals surface area contributed by atoms with E-state index < -0.39 is 0 Å². The Balaban J connectivity index is 1.47. The fraction of sp³-hybridized carbons (Fsp3) is 0.190. The molecule has 0 unspecified atom stereocenters. The molecule has 0 saturated carbocycles. The summed E-state index contributed by atoms with van der Waals surface area (Å²) in [4.78, 5) is 17.6. The van der Waals surface area contributed by atoms with E-state index in [1.54, 1.807) is 12.1 Å². The van der Waals surface area contributed by atoms with Gasteiger partial charge >= 0.3 is 0 Å². The summed E-state index contributed by atoms with van der Waals surface area (Å²) in [5.74, 6) is -0.218. The molecule has 1 amide bonds. The predicted octanol–water partition coefficient (Wildman–Crippen LogP) is 4.82. The zero-order valence-corrected chi connectivity index (χ0v) is 14.9. The lowest BCUT2D eigenvalue weighted by molar-refractivity contribution is -0.130. The largest absolute Gasteiger partial charge is 0.361 e. The van der Waals surface area contributed by atoms with Gasteiger partial charge in [0.1, 0.15) is 5.82 Å². The van der Waals surface area contributed by atoms with Crippen LogP contribution in [0.1, 0.15) is 17.5 Å². The number of halogens is 2. The van der Waals surface area contributed by atoms with Gasteiger partial charge < -0.3 is 9.88 Å². The van der Waals surface area contributed by atoms with Crippen molar-refractivity contribution in [1.29, 1.82) is 0 Å². The summed E-state index contributed by atoms with van der Waals surface area (Å²) < 4.78 is 13.0. The van der Waals surface area contributed by atoms with Gasteiger partial charge in [-0.1, -0.05) is 35.9 Å². The van der Waals surface area contributed by atoms with Crippen molar-refractivity contribution in [1.82, 2.24) is 9.88 Å². The lowest BCUT2D eigenvalue weighted by Crippen LogP contribution is -2.35. The summed E-state index contributed by atoms with van der Waals surface area (Å²) in [5.41, 5.74) is 4.26. The van der Waals surface area contributed by atoms with Crippen LogP contribution in [0.25, 0.3) is 16.5 Å². The molecule has 132 valence electrons. The summed E-state index contributed by atoms with van der Waals surface area (Å²) in [7, 11) is 0. The minimum Gasteiger partial charge on any atom is -0.361 e. The van der Waals surface area contributed by atoms with Gasteiger partial charge in [-0.05, 0) is 41.8 Å². The number of carbonyl (C=O) groups excluding carboxylic acids is 1. The van der Waals surface area contributed by atoms with Crippen molar-refractivity contribution in [3.8, 4) is 0 Å². The molecular weight excluding hydrogens is 351 g/mol. The fourth-order valence-corrected chi connectivity index (χ4v) is 3.57. The summed E-state index contributed by atoms with van der Waals surface area (Å²) >= 11 is 6.04. The Morgan fingerprint density at radius 3 is 2.73 bits per heavy atom. The Morgan fingerprint density at radius 1 is 1.19 bits per heavy atom. The van der Waals surface area contributed by atoms with Crippen molar-refractivity contribution in [3.63, 3.8) is 0 Å². The Labute approximate surface area is 156 Å². The van der Waals surface area contributed by atoms with Gasteiger partial charge in [-0.3, -0.25) is 4.79 Å². The van der Waals surface area contributed by atoms with Crippen LogP contribution in [-0.4, -0.2) is 28.9 Å². The number of benzene rings is 2. The van der Waals surface area contributed by atoms with Crippen LogP contribution >= 0.6 is 11.6 Å². The number of nitrogens with zero attached hydrogens (tertiary/aromatic N) is 1. The van der Waals surface area contributed by atoms with Gasteiger partial charge in [-0.15, -0.1) is 0 Å². The molecule has 0 fully saturated rings. The Kier molecular flexibility index (Phi) is 4.51. The number of H-pyrrole nitrogens is 1. The first kappa shape index (κ1) is 16.9. The van der Waals surface area contributed by atoms with Crippen LogP contribution in [0.5, 0.6) is 0 Å². The molecular formula is C21H18ClFN2O. The maximum Gasteiger partial charge on any atom is 0.227 e. The standard InChI is InChI=1S/C21H18ClFN2O/c22-16-3-6-18-19(13-24-20(18)12-16)15-7-9-25(10-8-15)21(26)11-14-1-4-17(23)5-2-14/h1-7,12-13,24H,8-11H2. The average molecular weight is 369 g/mol. The Hall–Kier alpha value is -2.59. The van der Waals surface area contributed by atoms with Gasteiger partial charge in [0, 0.05) is 40.8 Å². The van der Waals surface area contributed by atoms with Crippen LogP contribution in [0, 0.1) is 5.82 Å². The number of aromatic nitrogens is 1. The van der Waals surface area contributed by atoms with E-state index in [-0.39, 0.29) is 11.7 Å².